The number of thioether (sulfide) groups is 1. The van der Waals surface area contributed by atoms with Crippen LogP contribution in [0.2, 0.25) is 0 Å². The van der Waals surface area contributed by atoms with Crippen molar-refractivity contribution >= 4 is 35.2 Å². The second-order valence-electron chi connectivity index (χ2n) is 8.63. The first-order valence-electron chi connectivity index (χ1n) is 8.98. The van der Waals surface area contributed by atoms with Gasteiger partial charge in [-0.3, -0.25) is 14.4 Å². The Morgan fingerprint density at radius 3 is 2.52 bits per heavy atom. The summed E-state index contributed by atoms with van der Waals surface area (Å²) >= 11 is 1.33. The molecule has 0 bridgehead atoms. The molecule has 1 atom stereocenters. The monoisotopic (exact) mass is 392 g/mol. The van der Waals surface area contributed by atoms with Gasteiger partial charge in [-0.15, -0.1) is 11.8 Å². The van der Waals surface area contributed by atoms with Crippen molar-refractivity contribution in [3.05, 3.63) is 24.3 Å². The molecule has 0 aliphatic carbocycles. The van der Waals surface area contributed by atoms with E-state index in [2.05, 4.69) is 31.4 Å². The van der Waals surface area contributed by atoms with Crippen molar-refractivity contribution in [1.82, 2.24) is 5.32 Å². The number of ether oxygens (including phenoxy) is 1. The van der Waals surface area contributed by atoms with Crippen molar-refractivity contribution in [3.8, 4) is 0 Å². The van der Waals surface area contributed by atoms with Gasteiger partial charge in [-0.05, 0) is 37.8 Å². The lowest BCUT2D eigenvalue weighted by Gasteiger charge is -2.33. The van der Waals surface area contributed by atoms with Crippen molar-refractivity contribution in [2.24, 2.45) is 5.41 Å². The Morgan fingerprint density at radius 2 is 1.85 bits per heavy atom. The molecule has 0 saturated carbocycles. The maximum Gasteiger partial charge on any atom is 0.307 e. The van der Waals surface area contributed by atoms with Crippen molar-refractivity contribution in [2.45, 2.75) is 63.1 Å². The maximum absolute atomic E-state index is 12.1. The largest absolute Gasteiger partial charge is 0.456 e. The van der Waals surface area contributed by atoms with Gasteiger partial charge in [-0.1, -0.05) is 32.9 Å². The highest BCUT2D eigenvalue weighted by Crippen LogP contribution is 2.36. The van der Waals surface area contributed by atoms with Gasteiger partial charge in [0, 0.05) is 10.4 Å². The SMILES string of the molecule is CC(C)(C)CC(C)(C)NC(=O)COC(=O)C[C@@H]1Sc2ccccc2NC1=O. The molecule has 0 radical (unpaired) electrons. The Balaban J connectivity index is 1.81. The minimum atomic E-state index is -0.564. The zero-order valence-corrected chi connectivity index (χ0v) is 17.4. The Bertz CT molecular complexity index is 725. The molecule has 2 amide bonds. The molecule has 0 fully saturated rings. The molecule has 0 unspecified atom stereocenters. The lowest BCUT2D eigenvalue weighted by Crippen LogP contribution is -2.47. The van der Waals surface area contributed by atoms with Gasteiger partial charge in [0.1, 0.15) is 0 Å². The normalized spacial score (nSPS) is 16.9. The molecule has 2 N–H and O–H groups in total. The lowest BCUT2D eigenvalue weighted by molar-refractivity contribution is -0.149. The summed E-state index contributed by atoms with van der Waals surface area (Å²) in [6, 6.07) is 7.43. The number of rotatable bonds is 6. The van der Waals surface area contributed by atoms with E-state index in [0.717, 1.165) is 17.0 Å². The van der Waals surface area contributed by atoms with Crippen molar-refractivity contribution in [1.29, 1.82) is 0 Å². The van der Waals surface area contributed by atoms with Crippen LogP contribution in [-0.4, -0.2) is 35.2 Å². The molecule has 1 aliphatic heterocycles. The number of para-hydroxylation sites is 1. The van der Waals surface area contributed by atoms with Crippen molar-refractivity contribution in [3.63, 3.8) is 0 Å². The van der Waals surface area contributed by atoms with Gasteiger partial charge in [-0.2, -0.15) is 0 Å². The minimum Gasteiger partial charge on any atom is -0.456 e. The molecule has 0 saturated heterocycles. The third-order valence-electron chi connectivity index (χ3n) is 3.87. The first kappa shape index (κ1) is 21.3. The zero-order chi connectivity index (χ0) is 20.2. The molecule has 2 rings (SSSR count). The van der Waals surface area contributed by atoms with E-state index in [0.29, 0.717) is 0 Å². The number of amides is 2. The van der Waals surface area contributed by atoms with Crippen LogP contribution < -0.4 is 10.6 Å². The van der Waals surface area contributed by atoms with Gasteiger partial charge in [0.2, 0.25) is 5.91 Å². The topological polar surface area (TPSA) is 84.5 Å². The summed E-state index contributed by atoms with van der Waals surface area (Å²) in [6.07, 6.45) is 0.710. The van der Waals surface area contributed by atoms with E-state index in [4.69, 9.17) is 4.74 Å². The number of carbonyl (C=O) groups excluding carboxylic acids is 3. The van der Waals surface area contributed by atoms with Gasteiger partial charge in [0.05, 0.1) is 17.4 Å². The van der Waals surface area contributed by atoms with Crippen LogP contribution in [0.4, 0.5) is 5.69 Å². The number of nitrogens with one attached hydrogen (secondary N) is 2. The summed E-state index contributed by atoms with van der Waals surface area (Å²) in [5.74, 6) is -1.14. The van der Waals surface area contributed by atoms with Crippen LogP contribution in [-0.2, 0) is 19.1 Å². The summed E-state index contributed by atoms with van der Waals surface area (Å²) in [5.41, 5.74) is 0.414. The standard InChI is InChI=1S/C20H28N2O4S/c1-19(2,3)12-20(4,5)22-16(23)11-26-17(24)10-15-18(25)21-13-8-6-7-9-14(13)27-15/h6-9,15H,10-12H2,1-5H3,(H,21,25)(H,22,23)/t15-/m0/s1. The molecule has 27 heavy (non-hydrogen) atoms. The fourth-order valence-electron chi connectivity index (χ4n) is 3.37. The van der Waals surface area contributed by atoms with E-state index >= 15 is 0 Å². The van der Waals surface area contributed by atoms with Crippen LogP contribution in [0.3, 0.4) is 0 Å². The highest BCUT2D eigenvalue weighted by Gasteiger charge is 2.30. The first-order valence-corrected chi connectivity index (χ1v) is 9.86. The second-order valence-corrected chi connectivity index (χ2v) is 9.87. The summed E-state index contributed by atoms with van der Waals surface area (Å²) in [6.45, 7) is 9.85. The van der Waals surface area contributed by atoms with E-state index in [1.807, 2.05) is 38.1 Å². The van der Waals surface area contributed by atoms with E-state index in [1.165, 1.54) is 11.8 Å². The fraction of sp³-hybridized carbons (Fsp3) is 0.550. The maximum atomic E-state index is 12.1. The summed E-state index contributed by atoms with van der Waals surface area (Å²) in [4.78, 5) is 37.2. The van der Waals surface area contributed by atoms with Crippen LogP contribution in [0.25, 0.3) is 0 Å². The number of carbonyl (C=O) groups is 3. The van der Waals surface area contributed by atoms with Crippen LogP contribution in [0, 0.1) is 5.41 Å². The molecule has 1 heterocycles. The van der Waals surface area contributed by atoms with Gasteiger partial charge in [-0.25, -0.2) is 0 Å². The predicted molar refractivity (Wildman–Crippen MR) is 107 cm³/mol. The Hall–Kier alpha value is -2.02. The first-order chi connectivity index (χ1) is 12.5. The fourth-order valence-corrected chi connectivity index (χ4v) is 4.46. The van der Waals surface area contributed by atoms with E-state index in [1.54, 1.807) is 0 Å². The van der Waals surface area contributed by atoms with Gasteiger partial charge >= 0.3 is 5.97 Å². The molecule has 1 aromatic rings. The zero-order valence-electron chi connectivity index (χ0n) is 16.5. The molecule has 1 aliphatic rings. The van der Waals surface area contributed by atoms with Crippen LogP contribution >= 0.6 is 11.8 Å². The molecule has 6 nitrogen and oxygen atoms in total. The molecular formula is C20H28N2O4S. The van der Waals surface area contributed by atoms with Crippen LogP contribution in [0.1, 0.15) is 47.5 Å². The summed E-state index contributed by atoms with van der Waals surface area (Å²) in [5, 5.41) is 5.12. The Morgan fingerprint density at radius 1 is 1.19 bits per heavy atom. The highest BCUT2D eigenvalue weighted by atomic mass is 32.2. The number of esters is 1. The lowest BCUT2D eigenvalue weighted by atomic mass is 9.82. The van der Waals surface area contributed by atoms with E-state index in [-0.39, 0.29) is 30.3 Å². The highest BCUT2D eigenvalue weighted by molar-refractivity contribution is 8.01. The van der Waals surface area contributed by atoms with Crippen LogP contribution in [0.5, 0.6) is 0 Å². The minimum absolute atomic E-state index is 0.0648. The molecule has 1 aromatic carbocycles. The number of anilines is 1. The Labute approximate surface area is 164 Å². The molecule has 0 aromatic heterocycles. The third kappa shape index (κ3) is 6.90. The number of hydrogen-bond acceptors (Lipinski definition) is 5. The van der Waals surface area contributed by atoms with Gasteiger partial charge < -0.3 is 15.4 Å². The molecular weight excluding hydrogens is 364 g/mol. The van der Waals surface area contributed by atoms with Crippen molar-refractivity contribution < 1.29 is 19.1 Å². The number of fused-ring (bicyclic) bond motifs is 1. The molecule has 0 spiro atoms. The Kier molecular flexibility index (Phi) is 6.57. The quantitative estimate of drug-likeness (QED) is 0.725. The third-order valence-corrected chi connectivity index (χ3v) is 5.15. The van der Waals surface area contributed by atoms with Gasteiger partial charge in [0.15, 0.2) is 6.61 Å². The van der Waals surface area contributed by atoms with Gasteiger partial charge in [0.25, 0.3) is 5.91 Å². The number of hydrogen-bond donors (Lipinski definition) is 2. The van der Waals surface area contributed by atoms with E-state index < -0.39 is 16.8 Å². The number of benzene rings is 1. The predicted octanol–water partition coefficient (Wildman–Crippen LogP) is 3.36. The summed E-state index contributed by atoms with van der Waals surface area (Å²) in [7, 11) is 0. The average Bonchev–Trinajstić information content (AvgIpc) is 2.51. The van der Waals surface area contributed by atoms with Crippen molar-refractivity contribution in [2.75, 3.05) is 11.9 Å². The summed E-state index contributed by atoms with van der Waals surface area (Å²) < 4.78 is 5.07. The molecule has 7 heteroatoms. The smallest absolute Gasteiger partial charge is 0.307 e. The van der Waals surface area contributed by atoms with Crippen LogP contribution in [0.15, 0.2) is 29.2 Å². The average molecular weight is 393 g/mol. The van der Waals surface area contributed by atoms with E-state index in [9.17, 15) is 14.4 Å². The molecule has 148 valence electrons. The second kappa shape index (κ2) is 8.33.